The molecular weight excluding hydrogens is 302 g/mol. The molecule has 6 nitrogen and oxygen atoms in total. The van der Waals surface area contributed by atoms with Crippen molar-refractivity contribution in [3.05, 3.63) is 56.8 Å². The van der Waals surface area contributed by atoms with Crippen LogP contribution in [0.25, 0.3) is 4.96 Å². The van der Waals surface area contributed by atoms with Crippen LogP contribution in [0.1, 0.15) is 5.69 Å². The first-order valence-electron chi connectivity index (χ1n) is 5.61. The van der Waals surface area contributed by atoms with Gasteiger partial charge in [-0.3, -0.25) is 14.5 Å². The van der Waals surface area contributed by atoms with Crippen LogP contribution >= 0.6 is 22.9 Å². The highest BCUT2D eigenvalue weighted by Gasteiger charge is 2.13. The number of nitro benzene ring substituents is 1. The van der Waals surface area contributed by atoms with E-state index in [1.165, 1.54) is 29.5 Å². The van der Waals surface area contributed by atoms with Crippen LogP contribution < -0.4 is 4.74 Å². The van der Waals surface area contributed by atoms with Crippen LogP contribution in [0, 0.1) is 10.1 Å². The first-order valence-corrected chi connectivity index (χ1v) is 6.87. The van der Waals surface area contributed by atoms with Crippen molar-refractivity contribution in [2.75, 3.05) is 0 Å². The number of nitrogens with zero attached hydrogens (tertiary/aromatic N) is 3. The van der Waals surface area contributed by atoms with Crippen LogP contribution in [0.4, 0.5) is 5.69 Å². The smallest absolute Gasteiger partial charge is 0.288 e. The lowest BCUT2D eigenvalue weighted by molar-refractivity contribution is -0.384. The number of rotatable bonds is 4. The van der Waals surface area contributed by atoms with Gasteiger partial charge in [-0.05, 0) is 6.07 Å². The van der Waals surface area contributed by atoms with Crippen LogP contribution in [0.5, 0.6) is 5.75 Å². The average molecular weight is 310 g/mol. The molecule has 8 heteroatoms. The van der Waals surface area contributed by atoms with E-state index in [-0.39, 0.29) is 17.3 Å². The number of benzene rings is 1. The molecule has 0 amide bonds. The zero-order valence-electron chi connectivity index (χ0n) is 10.0. The number of ether oxygens (including phenoxy) is 1. The van der Waals surface area contributed by atoms with Gasteiger partial charge in [-0.1, -0.05) is 11.6 Å². The SMILES string of the molecule is O=[N+]([O-])c1ccc(OCc2cn3ccsc3n2)cc1Cl. The van der Waals surface area contributed by atoms with Crippen molar-refractivity contribution in [2.45, 2.75) is 6.61 Å². The first-order chi connectivity index (χ1) is 9.63. The van der Waals surface area contributed by atoms with Crippen molar-refractivity contribution >= 4 is 33.6 Å². The van der Waals surface area contributed by atoms with Crippen molar-refractivity contribution in [2.24, 2.45) is 0 Å². The number of thiazole rings is 1. The molecule has 1 aromatic carbocycles. The van der Waals surface area contributed by atoms with Gasteiger partial charge in [-0.25, -0.2) is 4.98 Å². The Morgan fingerprint density at radius 1 is 1.50 bits per heavy atom. The number of nitro groups is 1. The molecule has 3 aromatic rings. The molecule has 0 radical (unpaired) electrons. The molecule has 2 aromatic heterocycles. The molecule has 102 valence electrons. The van der Waals surface area contributed by atoms with E-state index in [4.69, 9.17) is 16.3 Å². The van der Waals surface area contributed by atoms with Gasteiger partial charge in [0, 0.05) is 29.9 Å². The van der Waals surface area contributed by atoms with E-state index in [1.807, 2.05) is 22.2 Å². The van der Waals surface area contributed by atoms with Gasteiger partial charge in [0.15, 0.2) is 4.96 Å². The summed E-state index contributed by atoms with van der Waals surface area (Å²) in [7, 11) is 0. The predicted molar refractivity (Wildman–Crippen MR) is 75.5 cm³/mol. The maximum absolute atomic E-state index is 10.7. The number of imidazole rings is 1. The summed E-state index contributed by atoms with van der Waals surface area (Å²) >= 11 is 7.35. The molecular formula is C12H8ClN3O3S. The molecule has 0 spiro atoms. The number of fused-ring (bicyclic) bond motifs is 1. The number of hydrogen-bond acceptors (Lipinski definition) is 5. The summed E-state index contributed by atoms with van der Waals surface area (Å²) in [5.41, 5.74) is 0.646. The molecule has 0 aliphatic carbocycles. The molecule has 0 aliphatic rings. The van der Waals surface area contributed by atoms with Gasteiger partial charge in [-0.15, -0.1) is 11.3 Å². The maximum Gasteiger partial charge on any atom is 0.288 e. The zero-order valence-corrected chi connectivity index (χ0v) is 11.6. The largest absolute Gasteiger partial charge is 0.487 e. The van der Waals surface area contributed by atoms with Crippen LogP contribution in [0.3, 0.4) is 0 Å². The Morgan fingerprint density at radius 3 is 3.05 bits per heavy atom. The standard InChI is InChI=1S/C12H8ClN3O3S/c13-10-5-9(1-2-11(10)16(17)18)19-7-8-6-15-3-4-20-12(15)14-8/h1-6H,7H2. The molecule has 0 N–H and O–H groups in total. The minimum atomic E-state index is -0.532. The van der Waals surface area contributed by atoms with Gasteiger partial charge >= 0.3 is 0 Å². The van der Waals surface area contributed by atoms with Gasteiger partial charge in [0.05, 0.1) is 10.6 Å². The third-order valence-corrected chi connectivity index (χ3v) is 3.72. The van der Waals surface area contributed by atoms with E-state index < -0.39 is 4.92 Å². The highest BCUT2D eigenvalue weighted by molar-refractivity contribution is 7.15. The molecule has 3 rings (SSSR count). The van der Waals surface area contributed by atoms with Crippen LogP contribution in [-0.2, 0) is 6.61 Å². The summed E-state index contributed by atoms with van der Waals surface area (Å²) in [6.07, 6.45) is 3.79. The molecule has 0 bridgehead atoms. The summed E-state index contributed by atoms with van der Waals surface area (Å²) in [6.45, 7) is 0.280. The Balaban J connectivity index is 1.73. The Morgan fingerprint density at radius 2 is 2.35 bits per heavy atom. The summed E-state index contributed by atoms with van der Waals surface area (Å²) < 4.78 is 7.44. The normalized spacial score (nSPS) is 10.8. The summed E-state index contributed by atoms with van der Waals surface area (Å²) in [5.74, 6) is 0.469. The third-order valence-electron chi connectivity index (χ3n) is 2.65. The quantitative estimate of drug-likeness (QED) is 0.546. The van der Waals surface area contributed by atoms with Crippen LogP contribution in [-0.4, -0.2) is 14.3 Å². The van der Waals surface area contributed by atoms with E-state index >= 15 is 0 Å². The fourth-order valence-electron chi connectivity index (χ4n) is 1.73. The Hall–Kier alpha value is -2.12. The van der Waals surface area contributed by atoms with Crippen molar-refractivity contribution in [3.63, 3.8) is 0 Å². The lowest BCUT2D eigenvalue weighted by Crippen LogP contribution is -1.96. The highest BCUT2D eigenvalue weighted by atomic mass is 35.5. The minimum Gasteiger partial charge on any atom is -0.487 e. The molecule has 0 fully saturated rings. The van der Waals surface area contributed by atoms with Crippen molar-refractivity contribution in [1.82, 2.24) is 9.38 Å². The second-order valence-electron chi connectivity index (χ2n) is 3.98. The van der Waals surface area contributed by atoms with Crippen molar-refractivity contribution < 1.29 is 9.66 Å². The van der Waals surface area contributed by atoms with E-state index in [1.54, 1.807) is 0 Å². The summed E-state index contributed by atoms with van der Waals surface area (Å²) in [5, 5.41) is 12.7. The molecule has 0 saturated heterocycles. The lowest BCUT2D eigenvalue weighted by atomic mass is 10.3. The molecule has 0 aliphatic heterocycles. The number of hydrogen-bond donors (Lipinski definition) is 0. The second kappa shape index (κ2) is 5.10. The van der Waals surface area contributed by atoms with Gasteiger partial charge < -0.3 is 4.74 Å². The number of aromatic nitrogens is 2. The van der Waals surface area contributed by atoms with Gasteiger partial charge in [-0.2, -0.15) is 0 Å². The van der Waals surface area contributed by atoms with Gasteiger partial charge in [0.1, 0.15) is 17.4 Å². The van der Waals surface area contributed by atoms with Gasteiger partial charge in [0.25, 0.3) is 5.69 Å². The van der Waals surface area contributed by atoms with Crippen LogP contribution in [0.2, 0.25) is 5.02 Å². The summed E-state index contributed by atoms with van der Waals surface area (Å²) in [4.78, 5) is 15.4. The van der Waals surface area contributed by atoms with Crippen molar-refractivity contribution in [1.29, 1.82) is 0 Å². The topological polar surface area (TPSA) is 69.7 Å². The van der Waals surface area contributed by atoms with Crippen molar-refractivity contribution in [3.8, 4) is 5.75 Å². The highest BCUT2D eigenvalue weighted by Crippen LogP contribution is 2.28. The molecule has 2 heterocycles. The van der Waals surface area contributed by atoms with Gasteiger partial charge in [0.2, 0.25) is 0 Å². The molecule has 20 heavy (non-hydrogen) atoms. The van der Waals surface area contributed by atoms with Crippen LogP contribution in [0.15, 0.2) is 36.0 Å². The van der Waals surface area contributed by atoms with E-state index in [2.05, 4.69) is 4.98 Å². The summed E-state index contributed by atoms with van der Waals surface area (Å²) in [6, 6.07) is 4.27. The fraction of sp³-hybridized carbons (Fsp3) is 0.0833. The third kappa shape index (κ3) is 2.45. The molecule has 0 unspecified atom stereocenters. The van der Waals surface area contributed by atoms with E-state index in [0.717, 1.165) is 10.7 Å². The lowest BCUT2D eigenvalue weighted by Gasteiger charge is -2.04. The average Bonchev–Trinajstić information content (AvgIpc) is 2.96. The maximum atomic E-state index is 10.7. The Kier molecular flexibility index (Phi) is 3.29. The minimum absolute atomic E-state index is 0.0540. The molecule has 0 saturated carbocycles. The fourth-order valence-corrected chi connectivity index (χ4v) is 2.69. The van der Waals surface area contributed by atoms with E-state index in [9.17, 15) is 10.1 Å². The Labute approximate surface area is 122 Å². The first kappa shape index (κ1) is 12.9. The zero-order chi connectivity index (χ0) is 14.1. The van der Waals surface area contributed by atoms with E-state index in [0.29, 0.717) is 5.75 Å². The second-order valence-corrected chi connectivity index (χ2v) is 5.26. The molecule has 0 atom stereocenters. The number of halogens is 1. The predicted octanol–water partition coefficient (Wildman–Crippen LogP) is 3.54. The Bertz CT molecular complexity index is 755. The monoisotopic (exact) mass is 309 g/mol.